The van der Waals surface area contributed by atoms with Crippen LogP contribution in [0.3, 0.4) is 0 Å². The number of nitro groups is 1. The van der Waals surface area contributed by atoms with Gasteiger partial charge < -0.3 is 4.42 Å². The lowest BCUT2D eigenvalue weighted by Gasteiger charge is -1.97. The molecule has 5 nitrogen and oxygen atoms in total. The first kappa shape index (κ1) is 13.3. The lowest BCUT2D eigenvalue weighted by molar-refractivity contribution is -0.384. The van der Waals surface area contributed by atoms with Gasteiger partial charge in [-0.15, -0.1) is 0 Å². The molecular weight excluding hydrogens is 294 g/mol. The summed E-state index contributed by atoms with van der Waals surface area (Å²) in [6.45, 7) is 0. The van der Waals surface area contributed by atoms with Gasteiger partial charge in [-0.05, 0) is 18.2 Å². The summed E-state index contributed by atoms with van der Waals surface area (Å²) in [6, 6.07) is 12.2. The molecule has 1 heterocycles. The Morgan fingerprint density at radius 1 is 1.14 bits per heavy atom. The molecule has 0 amide bonds. The smallest absolute Gasteiger partial charge is 0.270 e. The summed E-state index contributed by atoms with van der Waals surface area (Å²) in [4.78, 5) is 22.5. The highest BCUT2D eigenvalue weighted by molar-refractivity contribution is 6.35. The highest BCUT2D eigenvalue weighted by atomic mass is 35.5. The van der Waals surface area contributed by atoms with Gasteiger partial charge in [0.25, 0.3) is 5.69 Å². The molecule has 0 saturated carbocycles. The van der Waals surface area contributed by atoms with Gasteiger partial charge in [0.1, 0.15) is 5.58 Å². The quantitative estimate of drug-likeness (QED) is 0.412. The van der Waals surface area contributed by atoms with Crippen molar-refractivity contribution in [2.24, 2.45) is 0 Å². The Morgan fingerprint density at radius 2 is 1.90 bits per heavy atom. The minimum atomic E-state index is -0.549. The van der Waals surface area contributed by atoms with Gasteiger partial charge in [-0.2, -0.15) is 0 Å². The molecule has 0 aliphatic heterocycles. The number of benzene rings is 2. The fourth-order valence-corrected chi connectivity index (χ4v) is 2.26. The number of furan rings is 1. The molecule has 0 spiro atoms. The van der Waals surface area contributed by atoms with Crippen molar-refractivity contribution < 1.29 is 14.1 Å². The molecular formula is C15H8ClNO4. The van der Waals surface area contributed by atoms with Crippen molar-refractivity contribution in [1.82, 2.24) is 0 Å². The lowest BCUT2D eigenvalue weighted by atomic mass is 10.1. The van der Waals surface area contributed by atoms with Gasteiger partial charge in [-0.3, -0.25) is 14.9 Å². The van der Waals surface area contributed by atoms with E-state index in [-0.39, 0.29) is 17.0 Å². The van der Waals surface area contributed by atoms with Crippen LogP contribution in [0.5, 0.6) is 0 Å². The van der Waals surface area contributed by atoms with E-state index >= 15 is 0 Å². The van der Waals surface area contributed by atoms with Crippen molar-refractivity contribution in [3.63, 3.8) is 0 Å². The van der Waals surface area contributed by atoms with Crippen molar-refractivity contribution in [1.29, 1.82) is 0 Å². The predicted octanol–water partition coefficient (Wildman–Crippen LogP) is 4.23. The fraction of sp³-hybridized carbons (Fsp3) is 0. The van der Waals surface area contributed by atoms with E-state index in [1.54, 1.807) is 24.3 Å². The van der Waals surface area contributed by atoms with Crippen molar-refractivity contribution in [3.8, 4) is 0 Å². The average Bonchev–Trinajstić information content (AvgIpc) is 2.92. The Morgan fingerprint density at radius 3 is 2.62 bits per heavy atom. The number of non-ortho nitro benzene ring substituents is 1. The molecule has 3 aromatic rings. The number of rotatable bonds is 3. The summed E-state index contributed by atoms with van der Waals surface area (Å²) < 4.78 is 5.46. The summed E-state index contributed by atoms with van der Waals surface area (Å²) in [5.74, 6) is -0.329. The first-order chi connectivity index (χ1) is 10.1. The van der Waals surface area contributed by atoms with Crippen molar-refractivity contribution in [3.05, 3.63) is 75.0 Å². The Hall–Kier alpha value is -2.66. The van der Waals surface area contributed by atoms with Gasteiger partial charge in [0, 0.05) is 23.1 Å². The predicted molar refractivity (Wildman–Crippen MR) is 77.8 cm³/mol. The third kappa shape index (κ3) is 2.39. The van der Waals surface area contributed by atoms with E-state index < -0.39 is 10.7 Å². The lowest BCUT2D eigenvalue weighted by Crippen LogP contribution is -2.00. The maximum absolute atomic E-state index is 12.3. The van der Waals surface area contributed by atoms with Crippen LogP contribution in [0.2, 0.25) is 5.02 Å². The summed E-state index contributed by atoms with van der Waals surface area (Å²) in [5.41, 5.74) is 0.547. The molecule has 1 aromatic heterocycles. The number of hydrogen-bond acceptors (Lipinski definition) is 4. The van der Waals surface area contributed by atoms with E-state index in [1.165, 1.54) is 24.3 Å². The standard InChI is InChI=1S/C15H8ClNO4/c16-12-5-2-6-13-11(12)8-14(21-13)15(18)9-3-1-4-10(7-9)17(19)20/h1-8H. The molecule has 0 fully saturated rings. The molecule has 0 bridgehead atoms. The van der Waals surface area contributed by atoms with Crippen LogP contribution in [-0.2, 0) is 0 Å². The first-order valence-corrected chi connectivity index (χ1v) is 6.41. The monoisotopic (exact) mass is 301 g/mol. The van der Waals surface area contributed by atoms with E-state index in [4.69, 9.17) is 16.0 Å². The summed E-state index contributed by atoms with van der Waals surface area (Å²) in [7, 11) is 0. The van der Waals surface area contributed by atoms with E-state index in [2.05, 4.69) is 0 Å². The second kappa shape index (κ2) is 5.03. The SMILES string of the molecule is O=C(c1cccc([N+](=O)[O-])c1)c1cc2c(Cl)cccc2o1. The van der Waals surface area contributed by atoms with E-state index in [1.807, 2.05) is 0 Å². The van der Waals surface area contributed by atoms with Gasteiger partial charge >= 0.3 is 0 Å². The number of nitro benzene ring substituents is 1. The number of nitrogens with zero attached hydrogens (tertiary/aromatic N) is 1. The number of halogens is 1. The van der Waals surface area contributed by atoms with E-state index in [0.29, 0.717) is 16.0 Å². The second-order valence-electron chi connectivity index (χ2n) is 4.40. The molecule has 0 N–H and O–H groups in total. The third-order valence-corrected chi connectivity index (χ3v) is 3.38. The zero-order chi connectivity index (χ0) is 15.0. The van der Waals surface area contributed by atoms with Crippen LogP contribution in [0.1, 0.15) is 16.1 Å². The molecule has 6 heteroatoms. The second-order valence-corrected chi connectivity index (χ2v) is 4.81. The van der Waals surface area contributed by atoms with E-state index in [0.717, 1.165) is 0 Å². The normalized spacial score (nSPS) is 10.7. The number of ketones is 1. The van der Waals surface area contributed by atoms with Gasteiger partial charge in [0.2, 0.25) is 5.78 Å². The highest BCUT2D eigenvalue weighted by Crippen LogP contribution is 2.28. The van der Waals surface area contributed by atoms with E-state index in [9.17, 15) is 14.9 Å². The molecule has 3 rings (SSSR count). The maximum atomic E-state index is 12.3. The molecule has 0 aliphatic carbocycles. The zero-order valence-electron chi connectivity index (χ0n) is 10.6. The molecule has 2 aromatic carbocycles. The molecule has 0 radical (unpaired) electrons. The van der Waals surface area contributed by atoms with Gasteiger partial charge in [0.05, 0.1) is 9.95 Å². The van der Waals surface area contributed by atoms with Crippen molar-refractivity contribution >= 4 is 34.0 Å². The summed E-state index contributed by atoms with van der Waals surface area (Å²) in [6.07, 6.45) is 0. The van der Waals surface area contributed by atoms with Crippen LogP contribution in [-0.4, -0.2) is 10.7 Å². The number of carbonyl (C=O) groups is 1. The van der Waals surface area contributed by atoms with Crippen molar-refractivity contribution in [2.45, 2.75) is 0 Å². The Kier molecular flexibility index (Phi) is 3.19. The number of fused-ring (bicyclic) bond motifs is 1. The summed E-state index contributed by atoms with van der Waals surface area (Å²) >= 11 is 6.03. The number of hydrogen-bond donors (Lipinski definition) is 0. The summed E-state index contributed by atoms with van der Waals surface area (Å²) in [5, 5.41) is 11.9. The fourth-order valence-electron chi connectivity index (χ4n) is 2.04. The molecule has 0 aliphatic rings. The van der Waals surface area contributed by atoms with Crippen LogP contribution in [0.4, 0.5) is 5.69 Å². The number of carbonyl (C=O) groups excluding carboxylic acids is 1. The van der Waals surface area contributed by atoms with Gasteiger partial charge in [-0.25, -0.2) is 0 Å². The van der Waals surface area contributed by atoms with Gasteiger partial charge in [-0.1, -0.05) is 29.8 Å². The van der Waals surface area contributed by atoms with Crippen molar-refractivity contribution in [2.75, 3.05) is 0 Å². The Balaban J connectivity index is 2.06. The largest absolute Gasteiger partial charge is 0.453 e. The Labute approximate surface area is 123 Å². The highest BCUT2D eigenvalue weighted by Gasteiger charge is 2.18. The van der Waals surface area contributed by atoms with Crippen LogP contribution in [0.15, 0.2) is 52.9 Å². The Bertz CT molecular complexity index is 869. The molecule has 104 valence electrons. The third-order valence-electron chi connectivity index (χ3n) is 3.05. The van der Waals surface area contributed by atoms with Gasteiger partial charge in [0.15, 0.2) is 5.76 Å². The maximum Gasteiger partial charge on any atom is 0.270 e. The zero-order valence-corrected chi connectivity index (χ0v) is 11.3. The van der Waals surface area contributed by atoms with Crippen LogP contribution >= 0.6 is 11.6 Å². The molecule has 0 atom stereocenters. The van der Waals surface area contributed by atoms with Crippen LogP contribution in [0.25, 0.3) is 11.0 Å². The first-order valence-electron chi connectivity index (χ1n) is 6.03. The molecule has 21 heavy (non-hydrogen) atoms. The minimum absolute atomic E-state index is 0.0959. The topological polar surface area (TPSA) is 73.3 Å². The molecule has 0 saturated heterocycles. The van der Waals surface area contributed by atoms with Crippen LogP contribution < -0.4 is 0 Å². The molecule has 0 unspecified atom stereocenters. The minimum Gasteiger partial charge on any atom is -0.453 e. The average molecular weight is 302 g/mol. The van der Waals surface area contributed by atoms with Crippen LogP contribution in [0, 0.1) is 10.1 Å².